The smallest absolute Gasteiger partial charge is 0.207 e. The fraction of sp³-hybridized carbons (Fsp3) is 0.385. The lowest BCUT2D eigenvalue weighted by atomic mass is 10.2. The van der Waals surface area contributed by atoms with Crippen LogP contribution in [0.3, 0.4) is 0 Å². The fourth-order valence-electron chi connectivity index (χ4n) is 1.92. The van der Waals surface area contributed by atoms with E-state index in [1.54, 1.807) is 0 Å². The minimum absolute atomic E-state index is 0.0600. The molecule has 0 bridgehead atoms. The number of hydrogen-bond acceptors (Lipinski definition) is 4. The largest absolute Gasteiger partial charge is 0.244 e. The maximum Gasteiger partial charge on any atom is 0.244 e. The second-order valence-electron chi connectivity index (χ2n) is 4.51. The van der Waals surface area contributed by atoms with Crippen molar-refractivity contribution in [3.05, 3.63) is 28.8 Å². The Morgan fingerprint density at radius 1 is 1.35 bits per heavy atom. The molecule has 1 aliphatic rings. The molecule has 20 heavy (non-hydrogen) atoms. The molecule has 5 nitrogen and oxygen atoms in total. The van der Waals surface area contributed by atoms with Crippen molar-refractivity contribution in [2.24, 2.45) is 0 Å². The minimum Gasteiger partial charge on any atom is -0.207 e. The highest BCUT2D eigenvalue weighted by atomic mass is 35.5. The van der Waals surface area contributed by atoms with Crippen molar-refractivity contribution in [2.45, 2.75) is 30.2 Å². The quantitative estimate of drug-likeness (QED) is 0.835. The molecule has 0 saturated heterocycles. The number of benzene rings is 1. The van der Waals surface area contributed by atoms with E-state index in [2.05, 4.69) is 0 Å². The molecule has 1 aromatic carbocycles. The molecule has 0 spiro atoms. The second kappa shape index (κ2) is 5.80. The summed E-state index contributed by atoms with van der Waals surface area (Å²) in [5, 5.41) is 17.6. The lowest BCUT2D eigenvalue weighted by Gasteiger charge is -2.21. The van der Waals surface area contributed by atoms with Crippen molar-refractivity contribution in [2.75, 3.05) is 6.54 Å². The molecule has 7 heteroatoms. The van der Waals surface area contributed by atoms with Crippen LogP contribution in [0, 0.1) is 22.7 Å². The van der Waals surface area contributed by atoms with E-state index in [0.29, 0.717) is 0 Å². The van der Waals surface area contributed by atoms with E-state index in [1.807, 2.05) is 12.1 Å². The first-order valence-corrected chi connectivity index (χ1v) is 7.91. The van der Waals surface area contributed by atoms with E-state index >= 15 is 0 Å². The number of nitrogens with zero attached hydrogens (tertiary/aromatic N) is 3. The first-order chi connectivity index (χ1) is 9.50. The van der Waals surface area contributed by atoms with Crippen molar-refractivity contribution in [1.82, 2.24) is 4.31 Å². The van der Waals surface area contributed by atoms with Gasteiger partial charge in [0.2, 0.25) is 10.0 Å². The van der Waals surface area contributed by atoms with Crippen LogP contribution in [0.1, 0.15) is 24.8 Å². The predicted molar refractivity (Wildman–Crippen MR) is 73.3 cm³/mol. The molecule has 0 N–H and O–H groups in total. The van der Waals surface area contributed by atoms with Crippen LogP contribution in [0.4, 0.5) is 0 Å². The summed E-state index contributed by atoms with van der Waals surface area (Å²) in [6.07, 6.45) is 1.71. The first kappa shape index (κ1) is 14.8. The summed E-state index contributed by atoms with van der Waals surface area (Å²) in [6, 6.07) is 7.94. The van der Waals surface area contributed by atoms with Crippen LogP contribution in [0.25, 0.3) is 0 Å². The lowest BCUT2D eigenvalue weighted by molar-refractivity contribution is 0.411. The molecule has 1 aliphatic carbocycles. The van der Waals surface area contributed by atoms with Gasteiger partial charge in [-0.1, -0.05) is 11.6 Å². The van der Waals surface area contributed by atoms with Crippen molar-refractivity contribution in [1.29, 1.82) is 10.5 Å². The van der Waals surface area contributed by atoms with Crippen LogP contribution < -0.4 is 0 Å². The van der Waals surface area contributed by atoms with Crippen LogP contribution in [0.15, 0.2) is 23.1 Å². The van der Waals surface area contributed by atoms with Gasteiger partial charge in [0.25, 0.3) is 0 Å². The Bertz CT molecular complexity index is 699. The Labute approximate surface area is 123 Å². The van der Waals surface area contributed by atoms with Gasteiger partial charge in [-0.05, 0) is 31.0 Å². The summed E-state index contributed by atoms with van der Waals surface area (Å²) in [5.74, 6) is 0. The van der Waals surface area contributed by atoms with Gasteiger partial charge in [-0.25, -0.2) is 8.42 Å². The van der Waals surface area contributed by atoms with Crippen LogP contribution in [-0.2, 0) is 10.0 Å². The van der Waals surface area contributed by atoms with E-state index in [9.17, 15) is 8.42 Å². The third-order valence-corrected chi connectivity index (χ3v) is 5.48. The summed E-state index contributed by atoms with van der Waals surface area (Å²) >= 11 is 5.96. The second-order valence-corrected chi connectivity index (χ2v) is 6.78. The van der Waals surface area contributed by atoms with Gasteiger partial charge in [-0.2, -0.15) is 14.8 Å². The lowest BCUT2D eigenvalue weighted by Crippen LogP contribution is -2.34. The van der Waals surface area contributed by atoms with Gasteiger partial charge in [0, 0.05) is 19.0 Å². The molecular formula is C13H12ClN3O2S. The number of nitriles is 2. The molecule has 0 heterocycles. The van der Waals surface area contributed by atoms with Gasteiger partial charge in [-0.3, -0.25) is 0 Å². The SMILES string of the molecule is N#CCCN(C1CC1)S(=O)(=O)c1cc(C#N)ccc1Cl. The average molecular weight is 310 g/mol. The summed E-state index contributed by atoms with van der Waals surface area (Å²) < 4.78 is 26.6. The molecule has 1 aromatic rings. The Morgan fingerprint density at radius 2 is 2.05 bits per heavy atom. The van der Waals surface area contributed by atoms with E-state index < -0.39 is 10.0 Å². The average Bonchev–Trinajstić information content (AvgIpc) is 3.24. The Hall–Kier alpha value is -1.60. The molecule has 0 amide bonds. The van der Waals surface area contributed by atoms with Crippen LogP contribution in [0.2, 0.25) is 5.02 Å². The number of sulfonamides is 1. The zero-order valence-electron chi connectivity index (χ0n) is 10.6. The predicted octanol–water partition coefficient (Wildman–Crippen LogP) is 2.28. The maximum atomic E-state index is 12.6. The maximum absolute atomic E-state index is 12.6. The van der Waals surface area contributed by atoms with E-state index in [4.69, 9.17) is 22.1 Å². The van der Waals surface area contributed by atoms with Crippen LogP contribution in [0.5, 0.6) is 0 Å². The first-order valence-electron chi connectivity index (χ1n) is 6.09. The molecule has 0 atom stereocenters. The zero-order chi connectivity index (χ0) is 14.8. The third-order valence-electron chi connectivity index (χ3n) is 3.05. The highest BCUT2D eigenvalue weighted by Crippen LogP contribution is 2.34. The normalized spacial score (nSPS) is 14.8. The van der Waals surface area contributed by atoms with E-state index in [0.717, 1.165) is 12.8 Å². The number of hydrogen-bond donors (Lipinski definition) is 0. The summed E-state index contributed by atoms with van der Waals surface area (Å²) in [7, 11) is -3.77. The van der Waals surface area contributed by atoms with Gasteiger partial charge >= 0.3 is 0 Å². The van der Waals surface area contributed by atoms with Gasteiger partial charge in [-0.15, -0.1) is 0 Å². The standard InChI is InChI=1S/C13H12ClN3O2S/c14-12-5-2-10(9-16)8-13(12)20(18,19)17(7-1-6-15)11-3-4-11/h2,5,8,11H,1,3-4,7H2. The zero-order valence-corrected chi connectivity index (χ0v) is 12.2. The molecule has 1 saturated carbocycles. The van der Waals surface area contributed by atoms with E-state index in [1.165, 1.54) is 22.5 Å². The minimum atomic E-state index is -3.77. The topological polar surface area (TPSA) is 85.0 Å². The highest BCUT2D eigenvalue weighted by molar-refractivity contribution is 7.89. The van der Waals surface area contributed by atoms with Crippen LogP contribution >= 0.6 is 11.6 Å². The number of rotatable bonds is 5. The Kier molecular flexibility index (Phi) is 4.29. The van der Waals surface area contributed by atoms with Crippen molar-refractivity contribution in [3.63, 3.8) is 0 Å². The van der Waals surface area contributed by atoms with Gasteiger partial charge in [0.05, 0.1) is 22.7 Å². The molecule has 0 aliphatic heterocycles. The molecular weight excluding hydrogens is 298 g/mol. The van der Waals surface area contributed by atoms with Crippen molar-refractivity contribution < 1.29 is 8.42 Å². The van der Waals surface area contributed by atoms with Gasteiger partial charge < -0.3 is 0 Å². The van der Waals surface area contributed by atoms with Crippen LogP contribution in [-0.4, -0.2) is 25.3 Å². The number of halogens is 1. The van der Waals surface area contributed by atoms with Gasteiger partial charge in [0.1, 0.15) is 4.90 Å². The van der Waals surface area contributed by atoms with Crippen molar-refractivity contribution >= 4 is 21.6 Å². The third kappa shape index (κ3) is 2.94. The molecule has 2 rings (SSSR count). The Morgan fingerprint density at radius 3 is 2.60 bits per heavy atom. The molecule has 1 fully saturated rings. The highest BCUT2D eigenvalue weighted by Gasteiger charge is 2.38. The van der Waals surface area contributed by atoms with Gasteiger partial charge in [0.15, 0.2) is 0 Å². The molecule has 104 valence electrons. The Balaban J connectivity index is 2.43. The summed E-state index contributed by atoms with van der Waals surface area (Å²) in [6.45, 7) is 0.149. The summed E-state index contributed by atoms with van der Waals surface area (Å²) in [5.41, 5.74) is 0.240. The van der Waals surface area contributed by atoms with Crippen molar-refractivity contribution in [3.8, 4) is 12.1 Å². The molecule has 0 radical (unpaired) electrons. The van der Waals surface area contributed by atoms with E-state index in [-0.39, 0.29) is 34.5 Å². The fourth-order valence-corrected chi connectivity index (χ4v) is 4.11. The summed E-state index contributed by atoms with van der Waals surface area (Å²) in [4.78, 5) is -0.0666. The molecule has 0 unspecified atom stereocenters. The monoisotopic (exact) mass is 309 g/mol. The molecule has 0 aromatic heterocycles.